The van der Waals surface area contributed by atoms with Gasteiger partial charge in [-0.25, -0.2) is 4.39 Å². The van der Waals surface area contributed by atoms with Crippen molar-refractivity contribution in [2.24, 2.45) is 0 Å². The molecule has 0 aromatic heterocycles. The minimum absolute atomic E-state index is 0.271. The lowest BCUT2D eigenvalue weighted by Crippen LogP contribution is -2.34. The van der Waals surface area contributed by atoms with Crippen LogP contribution in [0.2, 0.25) is 5.02 Å². The normalized spacial score (nSPS) is 11.8. The zero-order chi connectivity index (χ0) is 10.1. The van der Waals surface area contributed by atoms with Crippen LogP contribution in [0.15, 0.2) is 18.2 Å². The first-order valence-corrected chi connectivity index (χ1v) is 4.50. The number of benzene rings is 1. The van der Waals surface area contributed by atoms with E-state index in [2.05, 4.69) is 5.32 Å². The minimum atomic E-state index is -0.442. The first-order chi connectivity index (χ1) is 5.99. The van der Waals surface area contributed by atoms with E-state index < -0.39 is 5.54 Å². The van der Waals surface area contributed by atoms with Gasteiger partial charge >= 0.3 is 0 Å². The third-order valence-corrected chi connectivity index (χ3v) is 2.53. The Hall–Kier alpha value is -0.600. The van der Waals surface area contributed by atoms with Gasteiger partial charge in [0.05, 0.1) is 0 Å². The van der Waals surface area contributed by atoms with Crippen molar-refractivity contribution in [3.63, 3.8) is 0 Å². The largest absolute Gasteiger partial charge is 0.311 e. The Morgan fingerprint density at radius 1 is 1.38 bits per heavy atom. The molecule has 1 rings (SSSR count). The number of halogens is 2. The van der Waals surface area contributed by atoms with Crippen molar-refractivity contribution in [3.8, 4) is 0 Å². The zero-order valence-corrected chi connectivity index (χ0v) is 8.74. The maximum Gasteiger partial charge on any atom is 0.129 e. The fraction of sp³-hybridized carbons (Fsp3) is 0.400. The van der Waals surface area contributed by atoms with Crippen LogP contribution in [0.25, 0.3) is 0 Å². The van der Waals surface area contributed by atoms with Crippen LogP contribution in [0.4, 0.5) is 4.39 Å². The summed E-state index contributed by atoms with van der Waals surface area (Å²) in [4.78, 5) is 0. The van der Waals surface area contributed by atoms with Crippen molar-refractivity contribution >= 4 is 11.6 Å². The first-order valence-electron chi connectivity index (χ1n) is 4.12. The van der Waals surface area contributed by atoms with E-state index in [-0.39, 0.29) is 5.82 Å². The highest BCUT2D eigenvalue weighted by atomic mass is 35.5. The molecule has 0 heterocycles. The molecular formula is C10H13ClFN. The fourth-order valence-electron chi connectivity index (χ4n) is 1.22. The topological polar surface area (TPSA) is 12.0 Å². The molecule has 0 spiro atoms. The van der Waals surface area contributed by atoms with E-state index in [9.17, 15) is 4.39 Å². The van der Waals surface area contributed by atoms with E-state index >= 15 is 0 Å². The molecule has 0 saturated heterocycles. The van der Waals surface area contributed by atoms with Gasteiger partial charge in [-0.05, 0) is 33.0 Å². The molecule has 0 aliphatic rings. The first kappa shape index (κ1) is 10.5. The summed E-state index contributed by atoms with van der Waals surface area (Å²) in [5.41, 5.74) is 0.0711. The molecule has 13 heavy (non-hydrogen) atoms. The summed E-state index contributed by atoms with van der Waals surface area (Å²) in [7, 11) is 1.78. The lowest BCUT2D eigenvalue weighted by Gasteiger charge is -2.26. The lowest BCUT2D eigenvalue weighted by atomic mass is 9.94. The highest BCUT2D eigenvalue weighted by Crippen LogP contribution is 2.29. The third kappa shape index (κ3) is 2.01. The van der Waals surface area contributed by atoms with Gasteiger partial charge in [0.15, 0.2) is 0 Å². The van der Waals surface area contributed by atoms with E-state index in [4.69, 9.17) is 11.6 Å². The van der Waals surface area contributed by atoms with Crippen molar-refractivity contribution in [2.75, 3.05) is 7.05 Å². The standard InChI is InChI=1S/C10H13ClFN/c1-10(2,13-3)9-7(11)5-4-6-8(9)12/h4-6,13H,1-3H3. The summed E-state index contributed by atoms with van der Waals surface area (Å²) in [5, 5.41) is 3.47. The molecule has 0 unspecified atom stereocenters. The number of rotatable bonds is 2. The molecule has 1 aromatic rings. The van der Waals surface area contributed by atoms with Gasteiger partial charge in [0.25, 0.3) is 0 Å². The van der Waals surface area contributed by atoms with Crippen LogP contribution in [0, 0.1) is 5.82 Å². The summed E-state index contributed by atoms with van der Waals surface area (Å²) in [6.45, 7) is 3.77. The smallest absolute Gasteiger partial charge is 0.129 e. The van der Waals surface area contributed by atoms with Gasteiger partial charge < -0.3 is 5.32 Å². The fourth-order valence-corrected chi connectivity index (χ4v) is 1.62. The second-order valence-corrected chi connectivity index (χ2v) is 3.88. The summed E-state index contributed by atoms with van der Waals surface area (Å²) in [6, 6.07) is 4.71. The summed E-state index contributed by atoms with van der Waals surface area (Å²) in [6.07, 6.45) is 0. The van der Waals surface area contributed by atoms with Crippen molar-refractivity contribution in [2.45, 2.75) is 19.4 Å². The monoisotopic (exact) mass is 201 g/mol. The van der Waals surface area contributed by atoms with E-state index in [0.29, 0.717) is 10.6 Å². The van der Waals surface area contributed by atoms with Crippen LogP contribution < -0.4 is 5.32 Å². The molecule has 1 nitrogen and oxygen atoms in total. The summed E-state index contributed by atoms with van der Waals surface area (Å²) >= 11 is 5.91. The maximum absolute atomic E-state index is 13.4. The second kappa shape index (κ2) is 3.64. The van der Waals surface area contributed by atoms with Crippen LogP contribution in [-0.2, 0) is 5.54 Å². The predicted octanol–water partition coefficient (Wildman–Crippen LogP) is 2.93. The summed E-state index contributed by atoms with van der Waals surface area (Å²) < 4.78 is 13.4. The third-order valence-electron chi connectivity index (χ3n) is 2.21. The summed E-state index contributed by atoms with van der Waals surface area (Å²) in [5.74, 6) is -0.271. The van der Waals surface area contributed by atoms with E-state index in [0.717, 1.165) is 0 Å². The SMILES string of the molecule is CNC(C)(C)c1c(F)cccc1Cl. The van der Waals surface area contributed by atoms with Gasteiger partial charge in [0.2, 0.25) is 0 Å². The minimum Gasteiger partial charge on any atom is -0.311 e. The molecule has 0 aliphatic carbocycles. The molecule has 0 saturated carbocycles. The molecule has 3 heteroatoms. The second-order valence-electron chi connectivity index (χ2n) is 3.47. The Morgan fingerprint density at radius 3 is 2.46 bits per heavy atom. The van der Waals surface area contributed by atoms with E-state index in [1.54, 1.807) is 19.2 Å². The highest BCUT2D eigenvalue weighted by Gasteiger charge is 2.24. The Bertz CT molecular complexity index is 290. The van der Waals surface area contributed by atoms with Gasteiger partial charge in [-0.2, -0.15) is 0 Å². The Kier molecular flexibility index (Phi) is 2.94. The predicted molar refractivity (Wildman–Crippen MR) is 53.5 cm³/mol. The number of hydrogen-bond acceptors (Lipinski definition) is 1. The van der Waals surface area contributed by atoms with Gasteiger partial charge in [-0.15, -0.1) is 0 Å². The average Bonchev–Trinajstić information content (AvgIpc) is 2.03. The van der Waals surface area contributed by atoms with E-state index in [1.165, 1.54) is 6.07 Å². The molecule has 1 aromatic carbocycles. The molecule has 0 radical (unpaired) electrons. The molecule has 0 amide bonds. The maximum atomic E-state index is 13.4. The van der Waals surface area contributed by atoms with Crippen LogP contribution >= 0.6 is 11.6 Å². The quantitative estimate of drug-likeness (QED) is 0.776. The van der Waals surface area contributed by atoms with Gasteiger partial charge in [-0.3, -0.25) is 0 Å². The van der Waals surface area contributed by atoms with Crippen LogP contribution in [-0.4, -0.2) is 7.05 Å². The van der Waals surface area contributed by atoms with Crippen molar-refractivity contribution in [1.29, 1.82) is 0 Å². The van der Waals surface area contributed by atoms with Crippen LogP contribution in [0.5, 0.6) is 0 Å². The number of nitrogens with one attached hydrogen (secondary N) is 1. The van der Waals surface area contributed by atoms with E-state index in [1.807, 2.05) is 13.8 Å². The molecule has 0 atom stereocenters. The van der Waals surface area contributed by atoms with Gasteiger partial charge in [0, 0.05) is 16.1 Å². The van der Waals surface area contributed by atoms with Gasteiger partial charge in [-0.1, -0.05) is 17.7 Å². The van der Waals surface area contributed by atoms with Crippen molar-refractivity contribution < 1.29 is 4.39 Å². The Morgan fingerprint density at radius 2 is 2.00 bits per heavy atom. The number of hydrogen-bond donors (Lipinski definition) is 1. The molecule has 0 bridgehead atoms. The molecule has 0 fully saturated rings. The molecule has 1 N–H and O–H groups in total. The van der Waals surface area contributed by atoms with Crippen LogP contribution in [0.1, 0.15) is 19.4 Å². The molecule has 0 aliphatic heterocycles. The zero-order valence-electron chi connectivity index (χ0n) is 7.99. The highest BCUT2D eigenvalue weighted by molar-refractivity contribution is 6.31. The van der Waals surface area contributed by atoms with Crippen LogP contribution in [0.3, 0.4) is 0 Å². The Balaban J connectivity index is 3.28. The molecule has 72 valence electrons. The van der Waals surface area contributed by atoms with Crippen molar-refractivity contribution in [1.82, 2.24) is 5.32 Å². The van der Waals surface area contributed by atoms with Crippen molar-refractivity contribution in [3.05, 3.63) is 34.6 Å². The molecular weight excluding hydrogens is 189 g/mol. The Labute approximate surface area is 82.9 Å². The average molecular weight is 202 g/mol. The lowest BCUT2D eigenvalue weighted by molar-refractivity contribution is 0.420. The van der Waals surface area contributed by atoms with Gasteiger partial charge in [0.1, 0.15) is 5.82 Å².